The lowest BCUT2D eigenvalue weighted by Crippen LogP contribution is -2.49. The van der Waals surface area contributed by atoms with Gasteiger partial charge in [-0.2, -0.15) is 4.31 Å². The molecule has 0 saturated carbocycles. The molecule has 1 atom stereocenters. The Labute approximate surface area is 179 Å². The number of carbonyl (C=O) groups excluding carboxylic acids is 1. The summed E-state index contributed by atoms with van der Waals surface area (Å²) in [5.74, 6) is -0.358. The zero-order chi connectivity index (χ0) is 22.5. The fourth-order valence-corrected chi connectivity index (χ4v) is 4.67. The van der Waals surface area contributed by atoms with Crippen LogP contribution in [0.25, 0.3) is 0 Å². The summed E-state index contributed by atoms with van der Waals surface area (Å²) in [5.41, 5.74) is -0.0718. The van der Waals surface area contributed by atoms with E-state index in [1.54, 1.807) is 71.3 Å². The fourth-order valence-electron chi connectivity index (χ4n) is 2.97. The molecule has 0 bridgehead atoms. The van der Waals surface area contributed by atoms with Crippen LogP contribution in [0.4, 0.5) is 0 Å². The first-order valence-corrected chi connectivity index (χ1v) is 11.2. The second-order valence-electron chi connectivity index (χ2n) is 8.31. The maximum absolute atomic E-state index is 13.6. The molecule has 7 nitrogen and oxygen atoms in total. The van der Waals surface area contributed by atoms with Crippen LogP contribution in [0.3, 0.4) is 0 Å². The average molecular weight is 435 g/mol. The number of hydrogen-bond donors (Lipinski definition) is 0. The van der Waals surface area contributed by atoms with Crippen molar-refractivity contribution in [1.29, 1.82) is 0 Å². The molecular weight excluding hydrogens is 404 g/mol. The van der Waals surface area contributed by atoms with Crippen molar-refractivity contribution in [2.24, 2.45) is 5.92 Å². The Hall–Kier alpha value is -2.45. The number of sulfonamides is 1. The smallest absolute Gasteiger partial charge is 0.325 e. The van der Waals surface area contributed by atoms with Crippen molar-refractivity contribution in [2.75, 3.05) is 7.11 Å². The Balaban J connectivity index is 2.55. The maximum atomic E-state index is 13.6. The van der Waals surface area contributed by atoms with Crippen molar-refractivity contribution in [3.8, 4) is 5.75 Å². The van der Waals surface area contributed by atoms with Crippen LogP contribution in [0.15, 0.2) is 53.7 Å². The summed E-state index contributed by atoms with van der Waals surface area (Å²) in [6, 6.07) is 8.59. The predicted molar refractivity (Wildman–Crippen MR) is 114 cm³/mol. The summed E-state index contributed by atoms with van der Waals surface area (Å²) in [4.78, 5) is 17.2. The van der Waals surface area contributed by atoms with Gasteiger partial charge in [-0.05, 0) is 62.6 Å². The first-order valence-electron chi connectivity index (χ1n) is 9.73. The Morgan fingerprint density at radius 3 is 2.23 bits per heavy atom. The van der Waals surface area contributed by atoms with E-state index in [4.69, 9.17) is 9.47 Å². The summed E-state index contributed by atoms with van der Waals surface area (Å²) in [6.07, 6.45) is 3.20. The second kappa shape index (κ2) is 9.57. The highest BCUT2D eigenvalue weighted by atomic mass is 32.2. The van der Waals surface area contributed by atoms with Crippen LogP contribution in [0.1, 0.15) is 40.2 Å². The number of rotatable bonds is 8. The molecule has 1 heterocycles. The average Bonchev–Trinajstić information content (AvgIpc) is 2.66. The minimum Gasteiger partial charge on any atom is -0.497 e. The summed E-state index contributed by atoms with van der Waals surface area (Å²) < 4.78 is 39.1. The van der Waals surface area contributed by atoms with Crippen LogP contribution in [-0.2, 0) is 26.1 Å². The van der Waals surface area contributed by atoms with E-state index < -0.39 is 27.6 Å². The molecule has 0 aliphatic heterocycles. The number of methoxy groups -OCH3 is 1. The zero-order valence-electron chi connectivity index (χ0n) is 18.3. The number of hydrogen-bond acceptors (Lipinski definition) is 6. The van der Waals surface area contributed by atoms with Crippen molar-refractivity contribution >= 4 is 16.0 Å². The third kappa shape index (κ3) is 6.03. The molecule has 1 aromatic carbocycles. The summed E-state index contributed by atoms with van der Waals surface area (Å²) in [7, 11) is -2.51. The van der Waals surface area contributed by atoms with Gasteiger partial charge in [0.1, 0.15) is 17.4 Å². The zero-order valence-corrected chi connectivity index (χ0v) is 19.1. The lowest BCUT2D eigenvalue weighted by Gasteiger charge is -2.34. The molecule has 1 unspecified atom stereocenters. The summed E-state index contributed by atoms with van der Waals surface area (Å²) in [6.45, 7) is 8.86. The van der Waals surface area contributed by atoms with Gasteiger partial charge in [-0.25, -0.2) is 8.42 Å². The number of ether oxygens (including phenoxy) is 2. The Morgan fingerprint density at radius 1 is 1.13 bits per heavy atom. The van der Waals surface area contributed by atoms with Gasteiger partial charge in [-0.15, -0.1) is 0 Å². The number of nitrogens with zero attached hydrogens (tertiary/aromatic N) is 2. The van der Waals surface area contributed by atoms with Gasteiger partial charge in [-0.1, -0.05) is 19.9 Å². The highest BCUT2D eigenvalue weighted by Gasteiger charge is 2.40. The summed E-state index contributed by atoms with van der Waals surface area (Å²) >= 11 is 0. The normalized spacial score (nSPS) is 13.3. The molecule has 2 aromatic rings. The van der Waals surface area contributed by atoms with Crippen LogP contribution < -0.4 is 4.74 Å². The minimum atomic E-state index is -4.02. The van der Waals surface area contributed by atoms with Crippen molar-refractivity contribution in [3.63, 3.8) is 0 Å². The van der Waals surface area contributed by atoms with E-state index in [9.17, 15) is 13.2 Å². The van der Waals surface area contributed by atoms with Crippen molar-refractivity contribution in [2.45, 2.75) is 57.7 Å². The van der Waals surface area contributed by atoms with Crippen molar-refractivity contribution in [1.82, 2.24) is 9.29 Å². The van der Waals surface area contributed by atoms with Gasteiger partial charge >= 0.3 is 5.97 Å². The molecule has 30 heavy (non-hydrogen) atoms. The Kier molecular flexibility index (Phi) is 7.60. The van der Waals surface area contributed by atoms with E-state index in [2.05, 4.69) is 4.98 Å². The van der Waals surface area contributed by atoms with Crippen LogP contribution >= 0.6 is 0 Å². The monoisotopic (exact) mass is 434 g/mol. The van der Waals surface area contributed by atoms with E-state index in [1.165, 1.54) is 23.5 Å². The van der Waals surface area contributed by atoms with Crippen LogP contribution in [0, 0.1) is 5.92 Å². The first kappa shape index (κ1) is 23.8. The van der Waals surface area contributed by atoms with E-state index in [-0.39, 0.29) is 17.4 Å². The van der Waals surface area contributed by atoms with Crippen molar-refractivity contribution in [3.05, 3.63) is 54.4 Å². The van der Waals surface area contributed by atoms with Gasteiger partial charge in [0.15, 0.2) is 0 Å². The van der Waals surface area contributed by atoms with Gasteiger partial charge in [0.05, 0.1) is 12.0 Å². The number of benzene rings is 1. The van der Waals surface area contributed by atoms with Crippen LogP contribution in [-0.4, -0.2) is 42.4 Å². The molecule has 164 valence electrons. The molecule has 1 aromatic heterocycles. The van der Waals surface area contributed by atoms with E-state index >= 15 is 0 Å². The van der Waals surface area contributed by atoms with Gasteiger partial charge in [-0.3, -0.25) is 9.78 Å². The lowest BCUT2D eigenvalue weighted by atomic mass is 10.0. The third-order valence-corrected chi connectivity index (χ3v) is 6.16. The third-order valence-electron chi connectivity index (χ3n) is 4.32. The standard InChI is InChI=1S/C22H30N2O5S/c1-16(2)20(21(25)29-22(3,4)5)24(15-17-8-7-13-23-14-17)30(26,27)19-11-9-18(28-6)10-12-19/h7-14,16,20H,15H2,1-6H3. The maximum Gasteiger partial charge on any atom is 0.325 e. The van der Waals surface area contributed by atoms with E-state index in [0.29, 0.717) is 11.3 Å². The number of esters is 1. The number of pyridine rings is 1. The van der Waals surface area contributed by atoms with Crippen molar-refractivity contribution < 1.29 is 22.7 Å². The largest absolute Gasteiger partial charge is 0.497 e. The first-order chi connectivity index (χ1) is 14.0. The fraction of sp³-hybridized carbons (Fsp3) is 0.455. The predicted octanol–water partition coefficient (Wildman–Crippen LogP) is 3.65. The van der Waals surface area contributed by atoms with Crippen LogP contribution in [0.2, 0.25) is 0 Å². The van der Waals surface area contributed by atoms with E-state index in [0.717, 1.165) is 0 Å². The highest BCUT2D eigenvalue weighted by Crippen LogP contribution is 2.27. The molecule has 0 spiro atoms. The Morgan fingerprint density at radius 2 is 1.77 bits per heavy atom. The molecule has 2 rings (SSSR count). The quantitative estimate of drug-likeness (QED) is 0.590. The SMILES string of the molecule is COc1ccc(S(=O)(=O)N(Cc2cccnc2)C(C(=O)OC(C)(C)C)C(C)C)cc1. The number of carbonyl (C=O) groups is 1. The van der Waals surface area contributed by atoms with Gasteiger partial charge < -0.3 is 9.47 Å². The molecule has 0 fully saturated rings. The summed E-state index contributed by atoms with van der Waals surface area (Å²) in [5, 5.41) is 0. The topological polar surface area (TPSA) is 85.8 Å². The molecule has 0 saturated heterocycles. The van der Waals surface area contributed by atoms with E-state index in [1.807, 2.05) is 0 Å². The van der Waals surface area contributed by atoms with Crippen LogP contribution in [0.5, 0.6) is 5.75 Å². The number of aromatic nitrogens is 1. The molecule has 0 amide bonds. The van der Waals surface area contributed by atoms with Gasteiger partial charge in [0.25, 0.3) is 0 Å². The van der Waals surface area contributed by atoms with Gasteiger partial charge in [0, 0.05) is 18.9 Å². The van der Waals surface area contributed by atoms with Gasteiger partial charge in [0.2, 0.25) is 10.0 Å². The molecule has 0 N–H and O–H groups in total. The second-order valence-corrected chi connectivity index (χ2v) is 10.2. The molecule has 8 heteroatoms. The molecular formula is C22H30N2O5S. The lowest BCUT2D eigenvalue weighted by molar-refractivity contribution is -0.161. The molecule has 0 aliphatic carbocycles. The Bertz CT molecular complexity index is 936. The highest BCUT2D eigenvalue weighted by molar-refractivity contribution is 7.89. The molecule has 0 aliphatic rings. The minimum absolute atomic E-state index is 0.00963. The molecule has 0 radical (unpaired) electrons.